The zero-order valence-corrected chi connectivity index (χ0v) is 45.3. The first-order chi connectivity index (χ1) is 32.0. The number of nitrogens with zero attached hydrogens (tertiary/aromatic N) is 1. The molecule has 0 aliphatic heterocycles. The van der Waals surface area contributed by atoms with Gasteiger partial charge in [0.1, 0.15) is 19.8 Å². The number of unbranched alkanes of at least 4 members (excludes halogenated alkanes) is 37. The minimum Gasteiger partial charge on any atom is -0.756 e. The molecular weight excluding hydrogens is 846 g/mol. The molecule has 0 saturated heterocycles. The number of allylic oxidation sites excluding steroid dienone is 2. The lowest BCUT2D eigenvalue weighted by molar-refractivity contribution is -0.870. The number of hydrogen-bond donors (Lipinski definition) is 0. The maximum atomic E-state index is 12.8. The van der Waals surface area contributed by atoms with Crippen molar-refractivity contribution >= 4 is 19.8 Å². The van der Waals surface area contributed by atoms with Crippen LogP contribution in [0.15, 0.2) is 12.2 Å². The first kappa shape index (κ1) is 64.8. The number of carbonyl (C=O) groups excluding carboxylic acids is 2. The van der Waals surface area contributed by atoms with Gasteiger partial charge in [-0.25, -0.2) is 0 Å². The Labute approximate surface area is 409 Å². The summed E-state index contributed by atoms with van der Waals surface area (Å²) in [6.07, 6.45) is 55.3. The molecule has 0 rings (SSSR count). The molecule has 392 valence electrons. The van der Waals surface area contributed by atoms with Crippen LogP contribution in [0.5, 0.6) is 0 Å². The van der Waals surface area contributed by atoms with Gasteiger partial charge in [-0.15, -0.1) is 0 Å². The van der Waals surface area contributed by atoms with Gasteiger partial charge in [0.05, 0.1) is 27.7 Å². The maximum Gasteiger partial charge on any atom is 0.306 e. The van der Waals surface area contributed by atoms with Crippen LogP contribution in [0, 0.1) is 0 Å². The molecule has 2 atom stereocenters. The molecule has 0 heterocycles. The molecule has 0 aromatic rings. The summed E-state index contributed by atoms with van der Waals surface area (Å²) in [5.74, 6) is -0.816. The SMILES string of the molecule is CCCCCCCC/C=C\CCCCCCCCCCCCCC(=O)O[C@H](COC(=O)CCCCCCCCCCCCCCCCCCCCCCC)COP(=O)([O-])OCC[N+](C)(C)C. The van der Waals surface area contributed by atoms with Crippen molar-refractivity contribution in [1.29, 1.82) is 0 Å². The molecule has 0 amide bonds. The number of rotatable bonds is 53. The number of ether oxygens (including phenoxy) is 2. The van der Waals surface area contributed by atoms with Crippen molar-refractivity contribution in [3.05, 3.63) is 12.2 Å². The molecular formula is C56H110NO8P. The van der Waals surface area contributed by atoms with Crippen LogP contribution in [0.1, 0.15) is 284 Å². The summed E-state index contributed by atoms with van der Waals surface area (Å²) in [4.78, 5) is 37.8. The molecule has 0 N–H and O–H groups in total. The van der Waals surface area contributed by atoms with Gasteiger partial charge in [0.2, 0.25) is 0 Å². The molecule has 0 spiro atoms. The molecule has 9 nitrogen and oxygen atoms in total. The summed E-state index contributed by atoms with van der Waals surface area (Å²) >= 11 is 0. The fraction of sp³-hybridized carbons (Fsp3) is 0.929. The van der Waals surface area contributed by atoms with Crippen molar-refractivity contribution in [2.75, 3.05) is 47.5 Å². The van der Waals surface area contributed by atoms with Crippen LogP contribution in [0.2, 0.25) is 0 Å². The lowest BCUT2D eigenvalue weighted by atomic mass is 10.0. The molecule has 0 bridgehead atoms. The lowest BCUT2D eigenvalue weighted by Gasteiger charge is -2.28. The number of hydrogen-bond acceptors (Lipinski definition) is 8. The summed E-state index contributed by atoms with van der Waals surface area (Å²) in [5.41, 5.74) is 0. The predicted molar refractivity (Wildman–Crippen MR) is 278 cm³/mol. The zero-order valence-electron chi connectivity index (χ0n) is 44.4. The maximum absolute atomic E-state index is 12.8. The Morgan fingerprint density at radius 1 is 0.455 bits per heavy atom. The van der Waals surface area contributed by atoms with E-state index < -0.39 is 26.5 Å². The van der Waals surface area contributed by atoms with Gasteiger partial charge in [-0.3, -0.25) is 14.2 Å². The Morgan fingerprint density at radius 3 is 1.12 bits per heavy atom. The van der Waals surface area contributed by atoms with E-state index in [9.17, 15) is 19.0 Å². The van der Waals surface area contributed by atoms with E-state index in [1.54, 1.807) is 0 Å². The topological polar surface area (TPSA) is 111 Å². The molecule has 10 heteroatoms. The van der Waals surface area contributed by atoms with Crippen LogP contribution in [-0.4, -0.2) is 70.0 Å². The molecule has 0 aromatic heterocycles. The van der Waals surface area contributed by atoms with Crippen molar-refractivity contribution in [3.63, 3.8) is 0 Å². The highest BCUT2D eigenvalue weighted by molar-refractivity contribution is 7.45. The van der Waals surface area contributed by atoms with Crippen LogP contribution >= 0.6 is 7.82 Å². The van der Waals surface area contributed by atoms with E-state index >= 15 is 0 Å². The number of likely N-dealkylation sites (N-methyl/N-ethyl adjacent to an activating group) is 1. The van der Waals surface area contributed by atoms with Crippen LogP contribution in [0.25, 0.3) is 0 Å². The summed E-state index contributed by atoms with van der Waals surface area (Å²) in [5, 5.41) is 0. The molecule has 0 radical (unpaired) electrons. The number of quaternary nitrogens is 1. The van der Waals surface area contributed by atoms with E-state index in [1.807, 2.05) is 21.1 Å². The second-order valence-corrected chi connectivity index (χ2v) is 22.1. The Kier molecular flexibility index (Phi) is 47.8. The third kappa shape index (κ3) is 52.1. The third-order valence-electron chi connectivity index (χ3n) is 12.8. The highest BCUT2D eigenvalue weighted by Crippen LogP contribution is 2.38. The van der Waals surface area contributed by atoms with Crippen LogP contribution in [-0.2, 0) is 32.7 Å². The van der Waals surface area contributed by atoms with Crippen LogP contribution < -0.4 is 4.89 Å². The van der Waals surface area contributed by atoms with E-state index in [4.69, 9.17) is 18.5 Å². The predicted octanol–water partition coefficient (Wildman–Crippen LogP) is 16.6. The molecule has 0 aliphatic rings. The van der Waals surface area contributed by atoms with Crippen molar-refractivity contribution in [3.8, 4) is 0 Å². The van der Waals surface area contributed by atoms with E-state index in [0.717, 1.165) is 38.5 Å². The van der Waals surface area contributed by atoms with Gasteiger partial charge >= 0.3 is 11.9 Å². The van der Waals surface area contributed by atoms with E-state index in [1.165, 1.54) is 212 Å². The van der Waals surface area contributed by atoms with Crippen molar-refractivity contribution in [1.82, 2.24) is 0 Å². The minimum absolute atomic E-state index is 0.0271. The molecule has 66 heavy (non-hydrogen) atoms. The van der Waals surface area contributed by atoms with E-state index in [0.29, 0.717) is 17.4 Å². The van der Waals surface area contributed by atoms with Gasteiger partial charge in [0, 0.05) is 12.8 Å². The van der Waals surface area contributed by atoms with Crippen molar-refractivity contribution < 1.29 is 42.1 Å². The van der Waals surface area contributed by atoms with Gasteiger partial charge in [-0.1, -0.05) is 244 Å². The monoisotopic (exact) mass is 956 g/mol. The molecule has 0 aromatic carbocycles. The summed E-state index contributed by atoms with van der Waals surface area (Å²) < 4.78 is 34.2. The number of carbonyl (C=O) groups is 2. The Morgan fingerprint density at radius 2 is 0.773 bits per heavy atom. The van der Waals surface area contributed by atoms with Crippen LogP contribution in [0.3, 0.4) is 0 Å². The molecule has 1 unspecified atom stereocenters. The first-order valence-electron chi connectivity index (χ1n) is 28.4. The van der Waals surface area contributed by atoms with Gasteiger partial charge in [0.15, 0.2) is 6.10 Å². The number of esters is 2. The first-order valence-corrected chi connectivity index (χ1v) is 29.9. The lowest BCUT2D eigenvalue weighted by Crippen LogP contribution is -2.37. The normalized spacial score (nSPS) is 13.4. The highest BCUT2D eigenvalue weighted by Gasteiger charge is 2.22. The highest BCUT2D eigenvalue weighted by atomic mass is 31.2. The molecule has 0 saturated carbocycles. The fourth-order valence-corrected chi connectivity index (χ4v) is 9.09. The zero-order chi connectivity index (χ0) is 48.5. The van der Waals surface area contributed by atoms with Gasteiger partial charge in [0.25, 0.3) is 7.82 Å². The standard InChI is InChI=1S/C56H110NO8P/c1-6-8-10-12-14-16-18-20-22-24-26-28-30-32-34-36-38-40-42-44-46-48-55(58)62-52-54(53-64-66(60,61)63-51-50-57(3,4)5)65-56(59)49-47-45-43-41-39-37-35-33-31-29-27-25-23-21-19-17-15-13-11-9-7-2/h21,23,54H,6-20,22,24-53H2,1-5H3/b23-21-/t54-/m1/s1. The Hall–Kier alpha value is -1.25. The largest absolute Gasteiger partial charge is 0.756 e. The van der Waals surface area contributed by atoms with Gasteiger partial charge in [-0.2, -0.15) is 0 Å². The number of phosphoric acid groups is 1. The Bertz CT molecular complexity index is 1130. The minimum atomic E-state index is -4.63. The quantitative estimate of drug-likeness (QED) is 0.0195. The third-order valence-corrected chi connectivity index (χ3v) is 13.7. The van der Waals surface area contributed by atoms with Crippen molar-refractivity contribution in [2.24, 2.45) is 0 Å². The summed E-state index contributed by atoms with van der Waals surface area (Å²) in [7, 11) is 1.18. The van der Waals surface area contributed by atoms with Gasteiger partial charge in [-0.05, 0) is 38.5 Å². The van der Waals surface area contributed by atoms with E-state index in [2.05, 4.69) is 26.0 Å². The fourth-order valence-electron chi connectivity index (χ4n) is 8.36. The Balaban J connectivity index is 4.14. The molecule has 0 fully saturated rings. The average molecular weight is 956 g/mol. The summed E-state index contributed by atoms with van der Waals surface area (Å²) in [6.45, 7) is 4.29. The second kappa shape index (κ2) is 48.8. The molecule has 0 aliphatic carbocycles. The van der Waals surface area contributed by atoms with Crippen LogP contribution in [0.4, 0.5) is 0 Å². The van der Waals surface area contributed by atoms with Crippen molar-refractivity contribution in [2.45, 2.75) is 290 Å². The second-order valence-electron chi connectivity index (χ2n) is 20.7. The van der Waals surface area contributed by atoms with Gasteiger partial charge < -0.3 is 27.9 Å². The number of phosphoric ester groups is 1. The summed E-state index contributed by atoms with van der Waals surface area (Å²) in [6, 6.07) is 0. The smallest absolute Gasteiger partial charge is 0.306 e. The van der Waals surface area contributed by atoms with E-state index in [-0.39, 0.29) is 32.0 Å². The average Bonchev–Trinajstić information content (AvgIpc) is 3.27.